The molecule has 0 atom stereocenters. The van der Waals surface area contributed by atoms with E-state index >= 15 is 0 Å². The lowest BCUT2D eigenvalue weighted by Crippen LogP contribution is -2.43. The Morgan fingerprint density at radius 2 is 2.00 bits per heavy atom. The highest BCUT2D eigenvalue weighted by atomic mass is 16.2. The standard InChI is InChI=1S/C12H10N6O2/c13-6-10-15-14-8-18(10)7-11(19)16-17-12(20)9-4-2-1-3-5-9/h1-5,8H,7H2,(H,16,19)(H,17,20). The molecule has 8 heteroatoms. The molecule has 2 aromatic rings. The second kappa shape index (κ2) is 6.10. The van der Waals surface area contributed by atoms with Crippen molar-refractivity contribution >= 4 is 11.8 Å². The smallest absolute Gasteiger partial charge is 0.269 e. The van der Waals surface area contributed by atoms with Crippen LogP contribution in [0.15, 0.2) is 36.7 Å². The molecule has 100 valence electrons. The number of hydrogen-bond donors (Lipinski definition) is 2. The highest BCUT2D eigenvalue weighted by molar-refractivity contribution is 5.95. The zero-order valence-corrected chi connectivity index (χ0v) is 10.3. The molecule has 2 N–H and O–H groups in total. The van der Waals surface area contributed by atoms with Crippen molar-refractivity contribution < 1.29 is 9.59 Å². The Kier molecular flexibility index (Phi) is 4.04. The lowest BCUT2D eigenvalue weighted by Gasteiger charge is -2.07. The summed E-state index contributed by atoms with van der Waals surface area (Å²) in [6.45, 7) is -0.162. The quantitative estimate of drug-likeness (QED) is 0.737. The van der Waals surface area contributed by atoms with Crippen LogP contribution >= 0.6 is 0 Å². The lowest BCUT2D eigenvalue weighted by molar-refractivity contribution is -0.122. The fourth-order valence-corrected chi connectivity index (χ4v) is 1.44. The normalized spacial score (nSPS) is 9.55. The molecule has 0 aliphatic heterocycles. The average Bonchev–Trinajstić information content (AvgIpc) is 2.92. The molecule has 0 saturated carbocycles. The first-order valence-electron chi connectivity index (χ1n) is 5.63. The van der Waals surface area contributed by atoms with Crippen molar-refractivity contribution in [3.05, 3.63) is 48.0 Å². The van der Waals surface area contributed by atoms with Gasteiger partial charge in [-0.15, -0.1) is 10.2 Å². The SMILES string of the molecule is N#Cc1nncn1CC(=O)NNC(=O)c1ccccc1. The Balaban J connectivity index is 1.87. The minimum atomic E-state index is -0.495. The molecule has 1 heterocycles. The molecule has 0 saturated heterocycles. The largest absolute Gasteiger partial charge is 0.296 e. The third-order valence-corrected chi connectivity index (χ3v) is 2.38. The number of benzene rings is 1. The molecule has 1 aromatic heterocycles. The van der Waals surface area contributed by atoms with Gasteiger partial charge in [-0.2, -0.15) is 5.26 Å². The summed E-state index contributed by atoms with van der Waals surface area (Å²) >= 11 is 0. The summed E-state index contributed by atoms with van der Waals surface area (Å²) in [7, 11) is 0. The molecule has 0 unspecified atom stereocenters. The maximum atomic E-state index is 11.7. The van der Waals surface area contributed by atoms with Crippen molar-refractivity contribution in [1.82, 2.24) is 25.6 Å². The van der Waals surface area contributed by atoms with Gasteiger partial charge in [0, 0.05) is 5.56 Å². The number of nitrogens with one attached hydrogen (secondary N) is 2. The van der Waals surface area contributed by atoms with E-state index in [0.717, 1.165) is 0 Å². The molecule has 8 nitrogen and oxygen atoms in total. The van der Waals surface area contributed by atoms with E-state index in [2.05, 4.69) is 21.0 Å². The van der Waals surface area contributed by atoms with Crippen molar-refractivity contribution in [3.63, 3.8) is 0 Å². The highest BCUT2D eigenvalue weighted by Gasteiger charge is 2.09. The van der Waals surface area contributed by atoms with Crippen LogP contribution in [0.3, 0.4) is 0 Å². The summed E-state index contributed by atoms with van der Waals surface area (Å²) in [6, 6.07) is 10.2. The van der Waals surface area contributed by atoms with Crippen LogP contribution in [0.1, 0.15) is 16.2 Å². The Morgan fingerprint density at radius 1 is 1.25 bits per heavy atom. The van der Waals surface area contributed by atoms with Crippen molar-refractivity contribution in [3.8, 4) is 6.07 Å². The number of aromatic nitrogens is 3. The summed E-state index contributed by atoms with van der Waals surface area (Å²) in [5.74, 6) is -0.900. The Labute approximate surface area is 114 Å². The third-order valence-electron chi connectivity index (χ3n) is 2.38. The minimum absolute atomic E-state index is 0.0227. The van der Waals surface area contributed by atoms with Gasteiger partial charge in [0.1, 0.15) is 18.9 Å². The molecule has 2 rings (SSSR count). The van der Waals surface area contributed by atoms with Gasteiger partial charge in [0.15, 0.2) is 0 Å². The molecular weight excluding hydrogens is 260 g/mol. The van der Waals surface area contributed by atoms with Gasteiger partial charge in [0.05, 0.1) is 0 Å². The number of carbonyl (C=O) groups excluding carboxylic acids is 2. The molecule has 1 aromatic carbocycles. The highest BCUT2D eigenvalue weighted by Crippen LogP contribution is 1.97. The fraction of sp³-hybridized carbons (Fsp3) is 0.0833. The van der Waals surface area contributed by atoms with E-state index in [1.54, 1.807) is 36.4 Å². The van der Waals surface area contributed by atoms with Crippen molar-refractivity contribution in [2.24, 2.45) is 0 Å². The van der Waals surface area contributed by atoms with Crippen LogP contribution in [0.5, 0.6) is 0 Å². The van der Waals surface area contributed by atoms with Gasteiger partial charge in [0.2, 0.25) is 5.82 Å². The van der Waals surface area contributed by atoms with E-state index < -0.39 is 11.8 Å². The Bertz CT molecular complexity index is 658. The van der Waals surface area contributed by atoms with E-state index in [-0.39, 0.29) is 12.4 Å². The van der Waals surface area contributed by atoms with Crippen LogP contribution < -0.4 is 10.9 Å². The number of amides is 2. The second-order valence-electron chi connectivity index (χ2n) is 3.76. The van der Waals surface area contributed by atoms with E-state index in [9.17, 15) is 9.59 Å². The average molecular weight is 270 g/mol. The number of rotatable bonds is 3. The van der Waals surface area contributed by atoms with Crippen molar-refractivity contribution in [2.45, 2.75) is 6.54 Å². The zero-order valence-electron chi connectivity index (χ0n) is 10.3. The van der Waals surface area contributed by atoms with Gasteiger partial charge in [0.25, 0.3) is 11.8 Å². The minimum Gasteiger partial charge on any atom is -0.296 e. The molecule has 2 amide bonds. The molecule has 20 heavy (non-hydrogen) atoms. The number of carbonyl (C=O) groups is 2. The van der Waals surface area contributed by atoms with Crippen LogP contribution in [0, 0.1) is 11.3 Å². The molecule has 0 aliphatic carbocycles. The van der Waals surface area contributed by atoms with Gasteiger partial charge in [-0.3, -0.25) is 25.0 Å². The molecule has 0 spiro atoms. The number of nitrogens with zero attached hydrogens (tertiary/aromatic N) is 4. The first-order chi connectivity index (χ1) is 9.70. The lowest BCUT2D eigenvalue weighted by atomic mass is 10.2. The second-order valence-corrected chi connectivity index (χ2v) is 3.76. The molecule has 0 aliphatic rings. The van der Waals surface area contributed by atoms with Crippen LogP contribution in [0.25, 0.3) is 0 Å². The van der Waals surface area contributed by atoms with Crippen molar-refractivity contribution in [2.75, 3.05) is 0 Å². The van der Waals surface area contributed by atoms with E-state index in [1.807, 2.05) is 0 Å². The van der Waals surface area contributed by atoms with Crippen molar-refractivity contribution in [1.29, 1.82) is 5.26 Å². The maximum Gasteiger partial charge on any atom is 0.269 e. The summed E-state index contributed by atoms with van der Waals surface area (Å²) in [4.78, 5) is 23.3. The van der Waals surface area contributed by atoms with Gasteiger partial charge in [-0.05, 0) is 12.1 Å². The van der Waals surface area contributed by atoms with E-state index in [0.29, 0.717) is 5.56 Å². The third kappa shape index (κ3) is 3.17. The molecule has 0 fully saturated rings. The Hall–Kier alpha value is -3.21. The van der Waals surface area contributed by atoms with Crippen LogP contribution in [0.4, 0.5) is 0 Å². The van der Waals surface area contributed by atoms with Gasteiger partial charge in [-0.1, -0.05) is 18.2 Å². The predicted molar refractivity (Wildman–Crippen MR) is 66.8 cm³/mol. The first kappa shape index (κ1) is 13.2. The summed E-state index contributed by atoms with van der Waals surface area (Å²) < 4.78 is 1.27. The van der Waals surface area contributed by atoms with Gasteiger partial charge < -0.3 is 0 Å². The monoisotopic (exact) mass is 270 g/mol. The first-order valence-corrected chi connectivity index (χ1v) is 5.63. The van der Waals surface area contributed by atoms with Crippen LogP contribution in [0.2, 0.25) is 0 Å². The number of hydrazine groups is 1. The van der Waals surface area contributed by atoms with Crippen LogP contribution in [-0.4, -0.2) is 26.6 Å². The summed E-state index contributed by atoms with van der Waals surface area (Å²) in [5.41, 5.74) is 4.95. The summed E-state index contributed by atoms with van der Waals surface area (Å²) in [5, 5.41) is 15.7. The van der Waals surface area contributed by atoms with Crippen LogP contribution in [-0.2, 0) is 11.3 Å². The van der Waals surface area contributed by atoms with Gasteiger partial charge >= 0.3 is 0 Å². The predicted octanol–water partition coefficient (Wildman–Crippen LogP) is -0.389. The fourth-order valence-electron chi connectivity index (χ4n) is 1.44. The van der Waals surface area contributed by atoms with E-state index in [4.69, 9.17) is 5.26 Å². The number of hydrogen-bond acceptors (Lipinski definition) is 5. The Morgan fingerprint density at radius 3 is 2.70 bits per heavy atom. The number of nitriles is 1. The molecular formula is C12H10N6O2. The summed E-state index contributed by atoms with van der Waals surface area (Å²) in [6.07, 6.45) is 1.26. The maximum absolute atomic E-state index is 11.7. The molecule has 0 radical (unpaired) electrons. The topological polar surface area (TPSA) is 113 Å². The molecule has 0 bridgehead atoms. The van der Waals surface area contributed by atoms with E-state index in [1.165, 1.54) is 10.9 Å². The van der Waals surface area contributed by atoms with Gasteiger partial charge in [-0.25, -0.2) is 0 Å². The zero-order chi connectivity index (χ0) is 14.4.